The number of aliphatic hydroxyl groups is 1. The number of sulfonamides is 1. The molecule has 0 aromatic heterocycles. The summed E-state index contributed by atoms with van der Waals surface area (Å²) in [6.45, 7) is 1.39. The first kappa shape index (κ1) is 14.4. The van der Waals surface area contributed by atoms with E-state index in [1.165, 1.54) is 19.1 Å². The molecule has 1 aromatic rings. The van der Waals surface area contributed by atoms with Crippen molar-refractivity contribution in [2.75, 3.05) is 6.54 Å². The lowest BCUT2D eigenvalue weighted by atomic mass is 9.86. The fourth-order valence-electron chi connectivity index (χ4n) is 2.08. The summed E-state index contributed by atoms with van der Waals surface area (Å²) in [7, 11) is -3.63. The van der Waals surface area contributed by atoms with E-state index in [0.717, 1.165) is 19.3 Å². The average molecular weight is 287 g/mol. The van der Waals surface area contributed by atoms with Gasteiger partial charge in [0.1, 0.15) is 5.82 Å². The summed E-state index contributed by atoms with van der Waals surface area (Å²) < 4.78 is 40.3. The molecule has 0 amide bonds. The van der Waals surface area contributed by atoms with Gasteiger partial charge in [0.25, 0.3) is 0 Å². The second-order valence-electron chi connectivity index (χ2n) is 5.02. The van der Waals surface area contributed by atoms with Gasteiger partial charge in [-0.05, 0) is 43.4 Å². The van der Waals surface area contributed by atoms with E-state index >= 15 is 0 Å². The molecule has 6 heteroatoms. The zero-order chi connectivity index (χ0) is 14.0. The fourth-order valence-corrected chi connectivity index (χ4v) is 3.34. The van der Waals surface area contributed by atoms with Crippen molar-refractivity contribution in [1.82, 2.24) is 4.72 Å². The minimum atomic E-state index is -3.63. The lowest BCUT2D eigenvalue weighted by Gasteiger charge is -2.25. The monoisotopic (exact) mass is 287 g/mol. The van der Waals surface area contributed by atoms with Crippen LogP contribution in [0.15, 0.2) is 17.0 Å². The summed E-state index contributed by atoms with van der Waals surface area (Å²) in [6, 6.07) is 2.48. The molecular weight excluding hydrogens is 269 g/mol. The highest BCUT2D eigenvalue weighted by Gasteiger charge is 2.22. The maximum absolute atomic E-state index is 13.6. The number of rotatable bonds is 5. The summed E-state index contributed by atoms with van der Waals surface area (Å²) in [6.07, 6.45) is 3.25. The Balaban J connectivity index is 2.21. The van der Waals surface area contributed by atoms with Crippen molar-refractivity contribution >= 4 is 10.0 Å². The largest absolute Gasteiger partial charge is 0.392 e. The number of halogens is 1. The molecule has 1 saturated carbocycles. The maximum atomic E-state index is 13.6. The molecule has 2 rings (SSSR count). The van der Waals surface area contributed by atoms with Crippen molar-refractivity contribution in [2.24, 2.45) is 5.92 Å². The summed E-state index contributed by atoms with van der Waals surface area (Å²) in [5, 5.41) is 9.04. The van der Waals surface area contributed by atoms with E-state index in [4.69, 9.17) is 5.11 Å². The molecule has 106 valence electrons. The van der Waals surface area contributed by atoms with Crippen molar-refractivity contribution in [1.29, 1.82) is 0 Å². The predicted molar refractivity (Wildman–Crippen MR) is 69.6 cm³/mol. The SMILES string of the molecule is Cc1cc(S(=O)(=O)NCC2CCC2)cc(CO)c1F. The van der Waals surface area contributed by atoms with E-state index < -0.39 is 22.4 Å². The Labute approximate surface area is 112 Å². The molecule has 0 atom stereocenters. The number of nitrogens with one attached hydrogen (secondary N) is 1. The first-order valence-electron chi connectivity index (χ1n) is 6.33. The topological polar surface area (TPSA) is 66.4 Å². The average Bonchev–Trinajstić information content (AvgIpc) is 2.30. The third kappa shape index (κ3) is 3.13. The Hall–Kier alpha value is -0.980. The van der Waals surface area contributed by atoms with Gasteiger partial charge in [0.15, 0.2) is 0 Å². The van der Waals surface area contributed by atoms with Crippen LogP contribution in [-0.4, -0.2) is 20.1 Å². The molecule has 0 radical (unpaired) electrons. The van der Waals surface area contributed by atoms with Crippen molar-refractivity contribution < 1.29 is 17.9 Å². The van der Waals surface area contributed by atoms with Crippen molar-refractivity contribution in [3.8, 4) is 0 Å². The molecule has 0 bridgehead atoms. The highest BCUT2D eigenvalue weighted by atomic mass is 32.2. The third-order valence-electron chi connectivity index (χ3n) is 3.57. The van der Waals surface area contributed by atoms with Crippen LogP contribution in [0.1, 0.15) is 30.4 Å². The Bertz CT molecular complexity index is 567. The highest BCUT2D eigenvalue weighted by Crippen LogP contribution is 2.26. The highest BCUT2D eigenvalue weighted by molar-refractivity contribution is 7.89. The van der Waals surface area contributed by atoms with Crippen LogP contribution in [0.3, 0.4) is 0 Å². The van der Waals surface area contributed by atoms with Crippen LogP contribution in [-0.2, 0) is 16.6 Å². The molecule has 1 fully saturated rings. The first-order chi connectivity index (χ1) is 8.94. The fraction of sp³-hybridized carbons (Fsp3) is 0.538. The number of aryl methyl sites for hydroxylation is 1. The number of benzene rings is 1. The van der Waals surface area contributed by atoms with Crippen LogP contribution in [0.2, 0.25) is 0 Å². The molecule has 4 nitrogen and oxygen atoms in total. The van der Waals surface area contributed by atoms with Gasteiger partial charge in [0.2, 0.25) is 10.0 Å². The summed E-state index contributed by atoms with van der Waals surface area (Å²) in [5.74, 6) is -0.144. The Kier molecular flexibility index (Phi) is 4.23. The smallest absolute Gasteiger partial charge is 0.240 e. The predicted octanol–water partition coefficient (Wildman–Crippen LogP) is 1.70. The van der Waals surface area contributed by atoms with Crippen LogP contribution in [0.4, 0.5) is 4.39 Å². The van der Waals surface area contributed by atoms with Gasteiger partial charge in [0.05, 0.1) is 11.5 Å². The number of hydrogen-bond donors (Lipinski definition) is 2. The summed E-state index contributed by atoms with van der Waals surface area (Å²) in [4.78, 5) is 0.00905. The lowest BCUT2D eigenvalue weighted by molar-refractivity contribution is 0.275. The minimum Gasteiger partial charge on any atom is -0.392 e. The van der Waals surface area contributed by atoms with Crippen molar-refractivity contribution in [3.63, 3.8) is 0 Å². The zero-order valence-corrected chi connectivity index (χ0v) is 11.6. The third-order valence-corrected chi connectivity index (χ3v) is 4.97. The second-order valence-corrected chi connectivity index (χ2v) is 6.79. The Morgan fingerprint density at radius 3 is 2.63 bits per heavy atom. The van der Waals surface area contributed by atoms with Crippen molar-refractivity contribution in [2.45, 2.75) is 37.7 Å². The molecule has 0 saturated heterocycles. The second kappa shape index (κ2) is 5.56. The number of aliphatic hydroxyl groups excluding tert-OH is 1. The van der Waals surface area contributed by atoms with Crippen LogP contribution < -0.4 is 4.72 Å². The molecule has 2 N–H and O–H groups in total. The van der Waals surface area contributed by atoms with Gasteiger partial charge >= 0.3 is 0 Å². The normalized spacial score (nSPS) is 16.4. The Morgan fingerprint density at radius 2 is 2.11 bits per heavy atom. The quantitative estimate of drug-likeness (QED) is 0.866. The molecular formula is C13H18FNO3S. The van der Waals surface area contributed by atoms with Crippen LogP contribution >= 0.6 is 0 Å². The molecule has 19 heavy (non-hydrogen) atoms. The van der Waals surface area contributed by atoms with E-state index in [-0.39, 0.29) is 16.0 Å². The van der Waals surface area contributed by atoms with E-state index in [9.17, 15) is 12.8 Å². The number of hydrogen-bond acceptors (Lipinski definition) is 3. The van der Waals surface area contributed by atoms with E-state index in [1.54, 1.807) is 0 Å². The van der Waals surface area contributed by atoms with Gasteiger partial charge < -0.3 is 5.11 Å². The van der Waals surface area contributed by atoms with E-state index in [2.05, 4.69) is 4.72 Å². The first-order valence-corrected chi connectivity index (χ1v) is 7.82. The van der Waals surface area contributed by atoms with E-state index in [1.807, 2.05) is 0 Å². The van der Waals surface area contributed by atoms with Gasteiger partial charge in [-0.2, -0.15) is 0 Å². The standard InChI is InChI=1S/C13H18FNO3S/c1-9-5-12(6-11(8-16)13(9)14)19(17,18)15-7-10-3-2-4-10/h5-6,10,15-16H,2-4,7-8H2,1H3. The van der Waals surface area contributed by atoms with E-state index in [0.29, 0.717) is 12.5 Å². The minimum absolute atomic E-state index is 0.00372. The van der Waals surface area contributed by atoms with Crippen LogP contribution in [0.5, 0.6) is 0 Å². The maximum Gasteiger partial charge on any atom is 0.240 e. The molecule has 0 unspecified atom stereocenters. The molecule has 0 heterocycles. The van der Waals surface area contributed by atoms with Gasteiger partial charge in [0, 0.05) is 12.1 Å². The molecule has 1 aliphatic rings. The van der Waals surface area contributed by atoms with Gasteiger partial charge in [-0.15, -0.1) is 0 Å². The zero-order valence-electron chi connectivity index (χ0n) is 10.8. The van der Waals surface area contributed by atoms with Gasteiger partial charge in [-0.25, -0.2) is 17.5 Å². The summed E-state index contributed by atoms with van der Waals surface area (Å²) in [5.41, 5.74) is 0.222. The molecule has 1 aliphatic carbocycles. The summed E-state index contributed by atoms with van der Waals surface area (Å²) >= 11 is 0. The van der Waals surface area contributed by atoms with Gasteiger partial charge in [-0.1, -0.05) is 6.42 Å². The molecule has 1 aromatic carbocycles. The lowest BCUT2D eigenvalue weighted by Crippen LogP contribution is -2.32. The van der Waals surface area contributed by atoms with Gasteiger partial charge in [-0.3, -0.25) is 0 Å². The Morgan fingerprint density at radius 1 is 1.42 bits per heavy atom. The molecule has 0 aliphatic heterocycles. The van der Waals surface area contributed by atoms with Crippen molar-refractivity contribution in [3.05, 3.63) is 29.1 Å². The van der Waals surface area contributed by atoms with Crippen LogP contribution in [0.25, 0.3) is 0 Å². The molecule has 0 spiro atoms. The van der Waals surface area contributed by atoms with Crippen LogP contribution in [0, 0.1) is 18.7 Å².